The van der Waals surface area contributed by atoms with Gasteiger partial charge in [0, 0.05) is 21.5 Å². The summed E-state index contributed by atoms with van der Waals surface area (Å²) in [6.45, 7) is 0. The van der Waals surface area contributed by atoms with Crippen LogP contribution in [-0.4, -0.2) is 24.9 Å². The molecule has 3 aromatic carbocycles. The average molecular weight is 500 g/mol. The monoisotopic (exact) mass is 498 g/mol. The zero-order chi connectivity index (χ0) is 21.5. The second-order valence-electron chi connectivity index (χ2n) is 7.41. The van der Waals surface area contributed by atoms with E-state index in [0.717, 1.165) is 50.5 Å². The number of hydrazone groups is 1. The highest BCUT2D eigenvalue weighted by atomic mass is 79.9. The minimum atomic E-state index is -0.429. The van der Waals surface area contributed by atoms with Gasteiger partial charge in [-0.1, -0.05) is 27.5 Å². The van der Waals surface area contributed by atoms with Crippen LogP contribution in [0.1, 0.15) is 35.4 Å². The Morgan fingerprint density at radius 1 is 1.00 bits per heavy atom. The van der Waals surface area contributed by atoms with Crippen LogP contribution in [0.3, 0.4) is 0 Å². The highest BCUT2D eigenvalue weighted by Crippen LogP contribution is 2.49. The standard InChI is InChI=1S/C24H20BrClN2O3/c1-29-17-7-3-14(4-8-17)20-13-21-18-12-16(26)6-10-23(18)31-24(28(21)27-20)19-11-15(25)5-9-22(19)30-2/h3-12,21,24H,13H2,1-2H3/t21-,24-/m1/s1. The third kappa shape index (κ3) is 3.64. The van der Waals surface area contributed by atoms with E-state index in [2.05, 4.69) is 15.9 Å². The predicted octanol–water partition coefficient (Wildman–Crippen LogP) is 6.36. The van der Waals surface area contributed by atoms with E-state index in [1.807, 2.05) is 65.7 Å². The second-order valence-corrected chi connectivity index (χ2v) is 8.77. The van der Waals surface area contributed by atoms with E-state index in [1.165, 1.54) is 0 Å². The van der Waals surface area contributed by atoms with Crippen molar-refractivity contribution in [2.24, 2.45) is 5.10 Å². The normalized spacial score (nSPS) is 19.2. The smallest absolute Gasteiger partial charge is 0.217 e. The molecule has 2 atom stereocenters. The van der Waals surface area contributed by atoms with Gasteiger partial charge in [0.1, 0.15) is 17.2 Å². The van der Waals surface area contributed by atoms with Crippen LogP contribution in [0.4, 0.5) is 0 Å². The summed E-state index contributed by atoms with van der Waals surface area (Å²) in [5.41, 5.74) is 3.98. The van der Waals surface area contributed by atoms with Gasteiger partial charge in [-0.05, 0) is 66.2 Å². The molecule has 0 radical (unpaired) electrons. The van der Waals surface area contributed by atoms with Gasteiger partial charge in [0.15, 0.2) is 0 Å². The first-order chi connectivity index (χ1) is 15.1. The molecule has 7 heteroatoms. The zero-order valence-electron chi connectivity index (χ0n) is 17.0. The van der Waals surface area contributed by atoms with Gasteiger partial charge in [0.2, 0.25) is 6.23 Å². The molecule has 2 aliphatic rings. The molecule has 0 saturated carbocycles. The first-order valence-corrected chi connectivity index (χ1v) is 11.0. The largest absolute Gasteiger partial charge is 0.497 e. The molecule has 31 heavy (non-hydrogen) atoms. The number of nitrogens with zero attached hydrogens (tertiary/aromatic N) is 2. The Morgan fingerprint density at radius 3 is 2.55 bits per heavy atom. The fourth-order valence-corrected chi connectivity index (χ4v) is 4.68. The maximum Gasteiger partial charge on any atom is 0.217 e. The topological polar surface area (TPSA) is 43.3 Å². The molecule has 0 bridgehead atoms. The lowest BCUT2D eigenvalue weighted by Gasteiger charge is -2.38. The van der Waals surface area contributed by atoms with Gasteiger partial charge < -0.3 is 14.2 Å². The maximum absolute atomic E-state index is 6.44. The van der Waals surface area contributed by atoms with Crippen molar-refractivity contribution in [2.45, 2.75) is 18.7 Å². The van der Waals surface area contributed by atoms with E-state index in [-0.39, 0.29) is 6.04 Å². The summed E-state index contributed by atoms with van der Waals surface area (Å²) in [6, 6.07) is 19.6. The van der Waals surface area contributed by atoms with Crippen LogP contribution in [0, 0.1) is 0 Å². The number of hydrogen-bond donors (Lipinski definition) is 0. The Morgan fingerprint density at radius 2 is 1.81 bits per heavy atom. The third-order valence-corrected chi connectivity index (χ3v) is 6.36. The Hall–Kier alpha value is -2.70. The molecule has 158 valence electrons. The van der Waals surface area contributed by atoms with Crippen LogP contribution in [0.15, 0.2) is 70.2 Å². The fraction of sp³-hybridized carbons (Fsp3) is 0.208. The SMILES string of the molecule is COc1ccc(C2=NN3[C@H](C2)c2cc(Cl)ccc2O[C@@H]3c2cc(Br)ccc2OC)cc1. The Balaban J connectivity index is 1.61. The summed E-state index contributed by atoms with van der Waals surface area (Å²) in [4.78, 5) is 0. The van der Waals surface area contributed by atoms with Crippen molar-refractivity contribution in [2.75, 3.05) is 14.2 Å². The molecule has 0 amide bonds. The number of halogens is 2. The molecular weight excluding hydrogens is 480 g/mol. The van der Waals surface area contributed by atoms with Crippen molar-refractivity contribution in [1.29, 1.82) is 0 Å². The fourth-order valence-electron chi connectivity index (χ4n) is 4.12. The predicted molar refractivity (Wildman–Crippen MR) is 124 cm³/mol. The van der Waals surface area contributed by atoms with Gasteiger partial charge in [0.05, 0.1) is 31.5 Å². The number of fused-ring (bicyclic) bond motifs is 3. The van der Waals surface area contributed by atoms with Gasteiger partial charge in [-0.15, -0.1) is 0 Å². The lowest BCUT2D eigenvalue weighted by molar-refractivity contribution is -0.0203. The summed E-state index contributed by atoms with van der Waals surface area (Å²) in [5.74, 6) is 2.37. The quantitative estimate of drug-likeness (QED) is 0.419. The molecule has 5 nitrogen and oxygen atoms in total. The Bertz CT molecular complexity index is 1170. The first kappa shape index (κ1) is 20.2. The highest BCUT2D eigenvalue weighted by Gasteiger charge is 2.42. The third-order valence-electron chi connectivity index (χ3n) is 5.63. The highest BCUT2D eigenvalue weighted by molar-refractivity contribution is 9.10. The van der Waals surface area contributed by atoms with E-state index in [1.54, 1.807) is 14.2 Å². The lowest BCUT2D eigenvalue weighted by atomic mass is 9.95. The van der Waals surface area contributed by atoms with E-state index in [9.17, 15) is 0 Å². The van der Waals surface area contributed by atoms with Gasteiger partial charge in [-0.25, -0.2) is 5.01 Å². The molecule has 0 N–H and O–H groups in total. The summed E-state index contributed by atoms with van der Waals surface area (Å²) in [6.07, 6.45) is 0.317. The maximum atomic E-state index is 6.44. The van der Waals surface area contributed by atoms with E-state index < -0.39 is 6.23 Å². The van der Waals surface area contributed by atoms with Gasteiger partial charge in [-0.3, -0.25) is 0 Å². The second kappa shape index (κ2) is 8.09. The number of ether oxygens (including phenoxy) is 3. The Kier molecular flexibility index (Phi) is 5.28. The van der Waals surface area contributed by atoms with E-state index in [0.29, 0.717) is 5.02 Å². The van der Waals surface area contributed by atoms with Crippen LogP contribution < -0.4 is 14.2 Å². The van der Waals surface area contributed by atoms with Gasteiger partial charge in [0.25, 0.3) is 0 Å². The van der Waals surface area contributed by atoms with Crippen LogP contribution in [-0.2, 0) is 0 Å². The molecule has 0 saturated heterocycles. The van der Waals surface area contributed by atoms with Crippen LogP contribution in [0.5, 0.6) is 17.2 Å². The first-order valence-electron chi connectivity index (χ1n) is 9.87. The number of methoxy groups -OCH3 is 2. The average Bonchev–Trinajstić information content (AvgIpc) is 3.24. The molecule has 0 unspecified atom stereocenters. The minimum Gasteiger partial charge on any atom is -0.497 e. The lowest BCUT2D eigenvalue weighted by Crippen LogP contribution is -2.34. The van der Waals surface area contributed by atoms with Crippen molar-refractivity contribution in [3.63, 3.8) is 0 Å². The summed E-state index contributed by atoms with van der Waals surface area (Å²) < 4.78 is 18.3. The number of benzene rings is 3. The van der Waals surface area contributed by atoms with Crippen molar-refractivity contribution >= 4 is 33.2 Å². The molecule has 0 aromatic heterocycles. The van der Waals surface area contributed by atoms with Crippen LogP contribution in [0.2, 0.25) is 5.02 Å². The van der Waals surface area contributed by atoms with Crippen molar-refractivity contribution in [1.82, 2.24) is 5.01 Å². The van der Waals surface area contributed by atoms with Crippen molar-refractivity contribution in [3.05, 3.63) is 86.8 Å². The minimum absolute atomic E-state index is 0.00763. The summed E-state index contributed by atoms with van der Waals surface area (Å²) >= 11 is 9.90. The van der Waals surface area contributed by atoms with E-state index >= 15 is 0 Å². The van der Waals surface area contributed by atoms with Gasteiger partial charge in [-0.2, -0.15) is 5.10 Å². The van der Waals surface area contributed by atoms with Crippen LogP contribution >= 0.6 is 27.5 Å². The molecule has 5 rings (SSSR count). The molecular formula is C24H20BrClN2O3. The number of rotatable bonds is 4. The summed E-state index contributed by atoms with van der Waals surface area (Å²) in [7, 11) is 3.33. The van der Waals surface area contributed by atoms with E-state index in [4.69, 9.17) is 30.9 Å². The molecule has 0 fully saturated rings. The van der Waals surface area contributed by atoms with Crippen molar-refractivity contribution in [3.8, 4) is 17.2 Å². The van der Waals surface area contributed by atoms with Crippen molar-refractivity contribution < 1.29 is 14.2 Å². The number of hydrogen-bond acceptors (Lipinski definition) is 5. The Labute approximate surface area is 194 Å². The molecule has 2 aliphatic heterocycles. The molecule has 0 aliphatic carbocycles. The molecule has 3 aromatic rings. The van der Waals surface area contributed by atoms with Crippen LogP contribution in [0.25, 0.3) is 0 Å². The molecule has 0 spiro atoms. The van der Waals surface area contributed by atoms with Gasteiger partial charge >= 0.3 is 0 Å². The molecule has 2 heterocycles. The summed E-state index contributed by atoms with van der Waals surface area (Å²) in [5, 5.41) is 7.69. The zero-order valence-corrected chi connectivity index (χ0v) is 19.4.